The summed E-state index contributed by atoms with van der Waals surface area (Å²) in [5.41, 5.74) is 1.70. The van der Waals surface area contributed by atoms with Crippen LogP contribution in [0, 0.1) is 5.82 Å². The zero-order valence-corrected chi connectivity index (χ0v) is 9.68. The summed E-state index contributed by atoms with van der Waals surface area (Å²) in [6, 6.07) is 4.25. The molecule has 1 N–H and O–H groups in total. The monoisotopic (exact) mass is 258 g/mol. The summed E-state index contributed by atoms with van der Waals surface area (Å²) >= 11 is 3.21. The van der Waals surface area contributed by atoms with Crippen LogP contribution in [-0.4, -0.2) is 5.11 Å². The summed E-state index contributed by atoms with van der Waals surface area (Å²) in [5, 5.41) is 9.73. The van der Waals surface area contributed by atoms with Crippen molar-refractivity contribution in [2.45, 2.75) is 20.0 Å². The third-order valence-corrected chi connectivity index (χ3v) is 2.46. The fraction of sp³-hybridized carbons (Fsp3) is 0.273. The Balaban J connectivity index is 3.02. The van der Waals surface area contributed by atoms with Crippen molar-refractivity contribution in [2.75, 3.05) is 0 Å². The first-order valence-electron chi connectivity index (χ1n) is 4.28. The molecular weight excluding hydrogens is 247 g/mol. The van der Waals surface area contributed by atoms with Crippen molar-refractivity contribution in [2.24, 2.45) is 0 Å². The topological polar surface area (TPSA) is 20.2 Å². The highest BCUT2D eigenvalue weighted by molar-refractivity contribution is 9.10. The number of halogens is 2. The van der Waals surface area contributed by atoms with Crippen molar-refractivity contribution in [3.63, 3.8) is 0 Å². The average molecular weight is 259 g/mol. The molecule has 0 aliphatic rings. The van der Waals surface area contributed by atoms with E-state index in [9.17, 15) is 9.50 Å². The van der Waals surface area contributed by atoms with Crippen molar-refractivity contribution < 1.29 is 9.50 Å². The first kappa shape index (κ1) is 11.4. The molecule has 1 aromatic carbocycles. The first-order chi connectivity index (χ1) is 6.50. The molecule has 0 heterocycles. The van der Waals surface area contributed by atoms with Gasteiger partial charge in [-0.25, -0.2) is 4.39 Å². The van der Waals surface area contributed by atoms with E-state index in [4.69, 9.17) is 0 Å². The van der Waals surface area contributed by atoms with Crippen LogP contribution in [0.25, 0.3) is 0 Å². The number of hydrogen-bond donors (Lipinski definition) is 1. The van der Waals surface area contributed by atoms with E-state index >= 15 is 0 Å². The van der Waals surface area contributed by atoms with Gasteiger partial charge < -0.3 is 5.11 Å². The van der Waals surface area contributed by atoms with Crippen LogP contribution in [0.1, 0.15) is 25.5 Å². The molecule has 0 saturated carbocycles. The SMILES string of the molecule is CC(C)=CC(O)c1ccc(F)cc1Br. The van der Waals surface area contributed by atoms with Gasteiger partial charge in [0.2, 0.25) is 0 Å². The summed E-state index contributed by atoms with van der Waals surface area (Å²) in [7, 11) is 0. The van der Waals surface area contributed by atoms with Crippen LogP contribution in [0.2, 0.25) is 0 Å². The molecule has 0 fully saturated rings. The van der Waals surface area contributed by atoms with E-state index in [1.807, 2.05) is 13.8 Å². The van der Waals surface area contributed by atoms with Gasteiger partial charge in [0.05, 0.1) is 6.10 Å². The Morgan fingerprint density at radius 3 is 2.64 bits per heavy atom. The van der Waals surface area contributed by atoms with Crippen LogP contribution < -0.4 is 0 Å². The second kappa shape index (κ2) is 4.71. The molecule has 3 heteroatoms. The maximum atomic E-state index is 12.7. The largest absolute Gasteiger partial charge is 0.384 e. The van der Waals surface area contributed by atoms with Gasteiger partial charge in [-0.3, -0.25) is 0 Å². The number of rotatable bonds is 2. The average Bonchev–Trinajstić information content (AvgIpc) is 2.01. The molecular formula is C11H12BrFO. The number of allylic oxidation sites excluding steroid dienone is 1. The lowest BCUT2D eigenvalue weighted by Crippen LogP contribution is -1.95. The number of aliphatic hydroxyl groups is 1. The normalized spacial score (nSPS) is 12.4. The standard InChI is InChI=1S/C11H12BrFO/c1-7(2)5-11(14)9-4-3-8(13)6-10(9)12/h3-6,11,14H,1-2H3. The molecule has 0 radical (unpaired) electrons. The maximum absolute atomic E-state index is 12.7. The highest BCUT2D eigenvalue weighted by Crippen LogP contribution is 2.25. The van der Waals surface area contributed by atoms with Gasteiger partial charge in [0, 0.05) is 4.47 Å². The molecule has 1 unspecified atom stereocenters. The van der Waals surface area contributed by atoms with Gasteiger partial charge in [-0.2, -0.15) is 0 Å². The third kappa shape index (κ3) is 2.93. The van der Waals surface area contributed by atoms with E-state index in [0.717, 1.165) is 5.57 Å². The van der Waals surface area contributed by atoms with E-state index in [1.165, 1.54) is 12.1 Å². The predicted octanol–water partition coefficient (Wildman–Crippen LogP) is 3.59. The number of benzene rings is 1. The Hall–Kier alpha value is -0.670. The van der Waals surface area contributed by atoms with Crippen LogP contribution in [-0.2, 0) is 0 Å². The van der Waals surface area contributed by atoms with Gasteiger partial charge in [-0.1, -0.05) is 33.6 Å². The Bertz CT molecular complexity index is 356. The lowest BCUT2D eigenvalue weighted by Gasteiger charge is -2.09. The van der Waals surface area contributed by atoms with E-state index in [0.29, 0.717) is 10.0 Å². The molecule has 0 aliphatic carbocycles. The quantitative estimate of drug-likeness (QED) is 0.805. The highest BCUT2D eigenvalue weighted by Gasteiger charge is 2.08. The van der Waals surface area contributed by atoms with Crippen LogP contribution >= 0.6 is 15.9 Å². The Morgan fingerprint density at radius 2 is 2.14 bits per heavy atom. The lowest BCUT2D eigenvalue weighted by atomic mass is 10.1. The van der Waals surface area contributed by atoms with Gasteiger partial charge in [0.1, 0.15) is 5.82 Å². The van der Waals surface area contributed by atoms with Gasteiger partial charge in [-0.15, -0.1) is 0 Å². The molecule has 1 rings (SSSR count). The van der Waals surface area contributed by atoms with Crippen molar-refractivity contribution in [3.05, 3.63) is 45.7 Å². The molecule has 76 valence electrons. The molecule has 0 spiro atoms. The number of hydrogen-bond acceptors (Lipinski definition) is 1. The number of aliphatic hydroxyl groups excluding tert-OH is 1. The fourth-order valence-electron chi connectivity index (χ4n) is 1.15. The fourth-order valence-corrected chi connectivity index (χ4v) is 1.73. The van der Waals surface area contributed by atoms with Crippen LogP contribution in [0.3, 0.4) is 0 Å². The van der Waals surface area contributed by atoms with Crippen LogP contribution in [0.5, 0.6) is 0 Å². The van der Waals surface area contributed by atoms with E-state index in [2.05, 4.69) is 15.9 Å². The van der Waals surface area contributed by atoms with Crippen molar-refractivity contribution in [3.8, 4) is 0 Å². The Kier molecular flexibility index (Phi) is 3.84. The minimum absolute atomic E-state index is 0.315. The molecule has 0 aliphatic heterocycles. The third-order valence-electron chi connectivity index (χ3n) is 1.77. The van der Waals surface area contributed by atoms with E-state index in [1.54, 1.807) is 12.1 Å². The van der Waals surface area contributed by atoms with E-state index < -0.39 is 6.10 Å². The summed E-state index contributed by atoms with van der Waals surface area (Å²) in [4.78, 5) is 0. The molecule has 1 aromatic rings. The molecule has 0 bridgehead atoms. The van der Waals surface area contributed by atoms with Gasteiger partial charge in [0.25, 0.3) is 0 Å². The van der Waals surface area contributed by atoms with Crippen molar-refractivity contribution in [1.29, 1.82) is 0 Å². The second-order valence-corrected chi connectivity index (χ2v) is 4.21. The van der Waals surface area contributed by atoms with Gasteiger partial charge in [0.15, 0.2) is 0 Å². The molecule has 1 nitrogen and oxygen atoms in total. The molecule has 14 heavy (non-hydrogen) atoms. The Labute approximate surface area is 91.4 Å². The van der Waals surface area contributed by atoms with Crippen LogP contribution in [0.15, 0.2) is 34.3 Å². The summed E-state index contributed by atoms with van der Waals surface area (Å²) in [6.45, 7) is 3.81. The second-order valence-electron chi connectivity index (χ2n) is 3.35. The minimum atomic E-state index is -0.685. The van der Waals surface area contributed by atoms with E-state index in [-0.39, 0.29) is 5.82 Å². The predicted molar refractivity (Wildman–Crippen MR) is 58.5 cm³/mol. The van der Waals surface area contributed by atoms with Crippen molar-refractivity contribution in [1.82, 2.24) is 0 Å². The molecule has 0 saturated heterocycles. The van der Waals surface area contributed by atoms with Crippen LogP contribution in [0.4, 0.5) is 4.39 Å². The Morgan fingerprint density at radius 1 is 1.50 bits per heavy atom. The molecule has 1 atom stereocenters. The minimum Gasteiger partial charge on any atom is -0.384 e. The summed E-state index contributed by atoms with van der Waals surface area (Å²) < 4.78 is 13.3. The smallest absolute Gasteiger partial charge is 0.124 e. The first-order valence-corrected chi connectivity index (χ1v) is 5.08. The molecule has 0 aromatic heterocycles. The lowest BCUT2D eigenvalue weighted by molar-refractivity contribution is 0.227. The van der Waals surface area contributed by atoms with Crippen molar-refractivity contribution >= 4 is 15.9 Å². The zero-order chi connectivity index (χ0) is 10.7. The molecule has 0 amide bonds. The van der Waals surface area contributed by atoms with Gasteiger partial charge >= 0.3 is 0 Å². The zero-order valence-electron chi connectivity index (χ0n) is 8.09. The summed E-state index contributed by atoms with van der Waals surface area (Å²) in [5.74, 6) is -0.315. The maximum Gasteiger partial charge on any atom is 0.124 e. The highest BCUT2D eigenvalue weighted by atomic mass is 79.9. The summed E-state index contributed by atoms with van der Waals surface area (Å²) in [6.07, 6.45) is 1.04. The van der Waals surface area contributed by atoms with Gasteiger partial charge in [-0.05, 0) is 31.5 Å².